The van der Waals surface area contributed by atoms with Crippen LogP contribution in [0.15, 0.2) is 18.2 Å². The van der Waals surface area contributed by atoms with E-state index in [1.54, 1.807) is 4.90 Å². The molecule has 1 aromatic carbocycles. The Morgan fingerprint density at radius 2 is 2.30 bits per heavy atom. The molecule has 106 valence electrons. The zero-order valence-corrected chi connectivity index (χ0v) is 11.5. The second-order valence-corrected chi connectivity index (χ2v) is 6.12. The van der Waals surface area contributed by atoms with Crippen LogP contribution in [-0.2, 0) is 5.41 Å². The Labute approximate surface area is 117 Å². The first-order valence-corrected chi connectivity index (χ1v) is 7.12. The zero-order valence-electron chi connectivity index (χ0n) is 11.5. The highest BCUT2D eigenvalue weighted by Crippen LogP contribution is 2.53. The molecule has 3 aliphatic heterocycles. The second kappa shape index (κ2) is 3.81. The van der Waals surface area contributed by atoms with Crippen molar-refractivity contribution in [3.63, 3.8) is 0 Å². The Bertz CT molecular complexity index is 588. The average molecular weight is 274 g/mol. The van der Waals surface area contributed by atoms with Gasteiger partial charge in [-0.1, -0.05) is 19.1 Å². The number of benzene rings is 1. The first kappa shape index (κ1) is 11.9. The van der Waals surface area contributed by atoms with Crippen LogP contribution in [0.25, 0.3) is 0 Å². The summed E-state index contributed by atoms with van der Waals surface area (Å²) in [5.41, 5.74) is 2.31. The fraction of sp³-hybridized carbons (Fsp3) is 0.533. The third-order valence-electron chi connectivity index (χ3n) is 5.07. The van der Waals surface area contributed by atoms with Gasteiger partial charge in [0.2, 0.25) is 0 Å². The molecule has 5 nitrogen and oxygen atoms in total. The largest absolute Gasteiger partial charge is 0.490 e. The van der Waals surface area contributed by atoms with Crippen molar-refractivity contribution in [1.82, 2.24) is 4.90 Å². The second-order valence-electron chi connectivity index (χ2n) is 6.12. The van der Waals surface area contributed by atoms with Gasteiger partial charge in [-0.2, -0.15) is 0 Å². The van der Waals surface area contributed by atoms with E-state index in [9.17, 15) is 9.90 Å². The Balaban J connectivity index is 1.84. The molecule has 0 aromatic heterocycles. The van der Waals surface area contributed by atoms with E-state index in [0.717, 1.165) is 18.7 Å². The molecule has 4 rings (SSSR count). The number of carboxylic acid groups (broad SMARTS) is 1. The number of amides is 1. The molecule has 0 bridgehead atoms. The highest BCUT2D eigenvalue weighted by atomic mass is 16.5. The zero-order chi connectivity index (χ0) is 13.9. The van der Waals surface area contributed by atoms with Crippen molar-refractivity contribution < 1.29 is 14.6 Å². The SMILES string of the molecule is CC12CN(C(=O)O)CCC1N1CCOc3cccc2c31. The van der Waals surface area contributed by atoms with Gasteiger partial charge in [0.15, 0.2) is 0 Å². The summed E-state index contributed by atoms with van der Waals surface area (Å²) in [6, 6.07) is 6.55. The number of ether oxygens (including phenoxy) is 1. The van der Waals surface area contributed by atoms with Crippen LogP contribution < -0.4 is 9.64 Å². The first-order valence-electron chi connectivity index (χ1n) is 7.12. The molecule has 0 spiro atoms. The van der Waals surface area contributed by atoms with Gasteiger partial charge in [-0.05, 0) is 18.1 Å². The first-order chi connectivity index (χ1) is 9.61. The monoisotopic (exact) mass is 274 g/mol. The Kier molecular flexibility index (Phi) is 2.26. The van der Waals surface area contributed by atoms with Crippen molar-refractivity contribution >= 4 is 11.8 Å². The third-order valence-corrected chi connectivity index (χ3v) is 5.07. The quantitative estimate of drug-likeness (QED) is 0.785. The van der Waals surface area contributed by atoms with Gasteiger partial charge in [-0.3, -0.25) is 0 Å². The number of para-hydroxylation sites is 1. The molecule has 1 amide bonds. The number of hydrogen-bond donors (Lipinski definition) is 1. The topological polar surface area (TPSA) is 53.0 Å². The molecule has 3 aliphatic rings. The highest BCUT2D eigenvalue weighted by Gasteiger charge is 2.53. The molecule has 0 saturated carbocycles. The van der Waals surface area contributed by atoms with Crippen LogP contribution in [0.2, 0.25) is 0 Å². The van der Waals surface area contributed by atoms with E-state index in [-0.39, 0.29) is 5.41 Å². The van der Waals surface area contributed by atoms with Crippen LogP contribution in [0.3, 0.4) is 0 Å². The van der Waals surface area contributed by atoms with E-state index in [1.807, 2.05) is 12.1 Å². The highest BCUT2D eigenvalue weighted by molar-refractivity contribution is 5.74. The number of carbonyl (C=O) groups is 1. The Hall–Kier alpha value is -1.91. The molecule has 2 atom stereocenters. The number of anilines is 1. The van der Waals surface area contributed by atoms with E-state index in [1.165, 1.54) is 11.3 Å². The summed E-state index contributed by atoms with van der Waals surface area (Å²) in [5.74, 6) is 0.950. The lowest BCUT2D eigenvalue weighted by Crippen LogP contribution is -2.57. The van der Waals surface area contributed by atoms with Crippen LogP contribution >= 0.6 is 0 Å². The Morgan fingerprint density at radius 3 is 3.10 bits per heavy atom. The van der Waals surface area contributed by atoms with Crippen molar-refractivity contribution in [3.8, 4) is 5.75 Å². The summed E-state index contributed by atoms with van der Waals surface area (Å²) in [6.07, 6.45) is 0.0728. The smallest absolute Gasteiger partial charge is 0.407 e. The van der Waals surface area contributed by atoms with Gasteiger partial charge in [0.05, 0.1) is 12.2 Å². The number of likely N-dealkylation sites (tertiary alicyclic amines) is 1. The minimum absolute atomic E-state index is 0.129. The van der Waals surface area contributed by atoms with Crippen LogP contribution in [0.1, 0.15) is 18.9 Å². The average Bonchev–Trinajstić information content (AvgIpc) is 2.70. The molecule has 0 aliphatic carbocycles. The van der Waals surface area contributed by atoms with Crippen molar-refractivity contribution in [2.24, 2.45) is 0 Å². The number of hydrogen-bond acceptors (Lipinski definition) is 3. The normalized spacial score (nSPS) is 30.6. The van der Waals surface area contributed by atoms with Gasteiger partial charge >= 0.3 is 6.09 Å². The molecule has 3 heterocycles. The van der Waals surface area contributed by atoms with E-state index in [2.05, 4.69) is 17.9 Å². The van der Waals surface area contributed by atoms with Crippen LogP contribution in [0, 0.1) is 0 Å². The van der Waals surface area contributed by atoms with Crippen LogP contribution in [0.4, 0.5) is 10.5 Å². The fourth-order valence-electron chi connectivity index (χ4n) is 4.18. The van der Waals surface area contributed by atoms with Crippen molar-refractivity contribution in [2.75, 3.05) is 31.1 Å². The predicted molar refractivity (Wildman–Crippen MR) is 74.6 cm³/mol. The maximum absolute atomic E-state index is 11.3. The molecule has 1 saturated heterocycles. The van der Waals surface area contributed by atoms with E-state index in [4.69, 9.17) is 4.74 Å². The van der Waals surface area contributed by atoms with Gasteiger partial charge < -0.3 is 19.6 Å². The maximum Gasteiger partial charge on any atom is 0.407 e. The lowest BCUT2D eigenvalue weighted by Gasteiger charge is -2.44. The summed E-state index contributed by atoms with van der Waals surface area (Å²) in [6.45, 7) is 5.00. The molecule has 20 heavy (non-hydrogen) atoms. The summed E-state index contributed by atoms with van der Waals surface area (Å²) in [4.78, 5) is 15.3. The predicted octanol–water partition coefficient (Wildman–Crippen LogP) is 1.91. The number of piperidine rings is 1. The Morgan fingerprint density at radius 1 is 1.45 bits per heavy atom. The molecule has 0 radical (unpaired) electrons. The lowest BCUT2D eigenvalue weighted by atomic mass is 9.74. The van der Waals surface area contributed by atoms with E-state index in [0.29, 0.717) is 25.7 Å². The molecular weight excluding hydrogens is 256 g/mol. The van der Waals surface area contributed by atoms with Crippen molar-refractivity contribution in [3.05, 3.63) is 23.8 Å². The number of nitrogens with zero attached hydrogens (tertiary/aromatic N) is 2. The molecule has 1 aromatic rings. The van der Waals surface area contributed by atoms with E-state index >= 15 is 0 Å². The maximum atomic E-state index is 11.3. The fourth-order valence-corrected chi connectivity index (χ4v) is 4.18. The number of fused-ring (bicyclic) bond motifs is 3. The van der Waals surface area contributed by atoms with Gasteiger partial charge in [-0.25, -0.2) is 4.79 Å². The molecule has 5 heteroatoms. The van der Waals surface area contributed by atoms with Crippen LogP contribution in [-0.4, -0.2) is 48.4 Å². The minimum atomic E-state index is -0.813. The van der Waals surface area contributed by atoms with Crippen molar-refractivity contribution in [2.45, 2.75) is 24.8 Å². The van der Waals surface area contributed by atoms with Crippen molar-refractivity contribution in [1.29, 1.82) is 0 Å². The molecule has 2 unspecified atom stereocenters. The minimum Gasteiger partial charge on any atom is -0.490 e. The van der Waals surface area contributed by atoms with Gasteiger partial charge in [0.1, 0.15) is 12.4 Å². The standard InChI is InChI=1S/C15H18N2O3/c1-15-9-16(14(18)19)6-5-12(15)17-7-8-20-11-4-2-3-10(15)13(11)17/h2-4,12H,5-9H2,1H3,(H,18,19). The summed E-state index contributed by atoms with van der Waals surface area (Å²) in [5, 5.41) is 9.30. The summed E-state index contributed by atoms with van der Waals surface area (Å²) < 4.78 is 5.77. The molecular formula is C15H18N2O3. The third kappa shape index (κ3) is 1.35. The summed E-state index contributed by atoms with van der Waals surface area (Å²) in [7, 11) is 0. The van der Waals surface area contributed by atoms with Gasteiger partial charge in [0, 0.05) is 24.5 Å². The molecule has 1 fully saturated rings. The van der Waals surface area contributed by atoms with Gasteiger partial charge in [0.25, 0.3) is 0 Å². The number of rotatable bonds is 0. The van der Waals surface area contributed by atoms with Crippen LogP contribution in [0.5, 0.6) is 5.75 Å². The molecule has 1 N–H and O–H groups in total. The van der Waals surface area contributed by atoms with Gasteiger partial charge in [-0.15, -0.1) is 0 Å². The lowest BCUT2D eigenvalue weighted by molar-refractivity contribution is 0.106. The summed E-state index contributed by atoms with van der Waals surface area (Å²) >= 11 is 0. The van der Waals surface area contributed by atoms with E-state index < -0.39 is 6.09 Å².